The van der Waals surface area contributed by atoms with Gasteiger partial charge < -0.3 is 31.7 Å². The molecular formula is C51H60Cl2N12. The highest BCUT2D eigenvalue weighted by molar-refractivity contribution is 6.33. The highest BCUT2D eigenvalue weighted by Gasteiger charge is 2.23. The second kappa shape index (κ2) is 21.7. The molecule has 12 nitrogen and oxygen atoms in total. The maximum atomic E-state index is 6.47. The number of nitrogens with one attached hydrogen (secondary N) is 5. The van der Waals surface area contributed by atoms with Gasteiger partial charge in [0.25, 0.3) is 0 Å². The van der Waals surface area contributed by atoms with E-state index in [1.165, 1.54) is 11.1 Å². The molecule has 6 heterocycles. The van der Waals surface area contributed by atoms with Crippen molar-refractivity contribution in [2.45, 2.75) is 65.7 Å². The van der Waals surface area contributed by atoms with Crippen LogP contribution in [0.15, 0.2) is 122 Å². The van der Waals surface area contributed by atoms with Crippen molar-refractivity contribution in [2.75, 3.05) is 54.9 Å². The molecule has 338 valence electrons. The minimum absolute atomic E-state index is 0. The predicted octanol–water partition coefficient (Wildman–Crippen LogP) is 11.6. The summed E-state index contributed by atoms with van der Waals surface area (Å²) >= 11 is 12.9. The molecule has 2 saturated heterocycles. The standard InChI is InChI=1S/C25H27ClN6.C24H25ClN6.2CH4/c1-27-18-8-6-17(7-9-18)16-32-12-10-19(11-13-32)30-25-29-15-22(26)24(31-25)21-14-28-23-5-3-2-4-20(21)23;25-21-14-28-24(30-23(21)20-13-27-22-7-2-1-6-19(20)22)29-18-8-10-31(11-9-18)15-16-4-3-5-17(26)12-16;;/h2-9,14-15,19,27-28H,10-13,16H2,1H3,(H,29,30,31);1-7,12-14,18,27H,8-11,15,26H2,(H,28,29,30);2*1H4. The lowest BCUT2D eigenvalue weighted by Crippen LogP contribution is -2.39. The van der Waals surface area contributed by atoms with E-state index in [9.17, 15) is 0 Å². The van der Waals surface area contributed by atoms with E-state index in [-0.39, 0.29) is 14.9 Å². The zero-order chi connectivity index (χ0) is 43.1. The monoisotopic (exact) mass is 910 g/mol. The van der Waals surface area contributed by atoms with Crippen LogP contribution in [0.1, 0.15) is 51.7 Å². The number of H-pyrrole nitrogens is 2. The largest absolute Gasteiger partial charge is 0.399 e. The van der Waals surface area contributed by atoms with Crippen LogP contribution >= 0.6 is 23.2 Å². The second-order valence-corrected chi connectivity index (χ2v) is 17.2. The van der Waals surface area contributed by atoms with Crippen molar-refractivity contribution in [3.05, 3.63) is 143 Å². The van der Waals surface area contributed by atoms with E-state index >= 15 is 0 Å². The van der Waals surface area contributed by atoms with E-state index in [2.05, 4.69) is 100 Å². The van der Waals surface area contributed by atoms with Gasteiger partial charge >= 0.3 is 0 Å². The molecule has 0 saturated carbocycles. The Hall–Kier alpha value is -6.18. The molecule has 8 aromatic rings. The molecule has 0 unspecified atom stereocenters. The van der Waals surface area contributed by atoms with Crippen LogP contribution in [0, 0.1) is 0 Å². The van der Waals surface area contributed by atoms with Crippen LogP contribution in [0.4, 0.5) is 23.3 Å². The normalized spacial score (nSPS) is 14.8. The lowest BCUT2D eigenvalue weighted by molar-refractivity contribution is 0.211. The third-order valence-electron chi connectivity index (χ3n) is 12.0. The van der Waals surface area contributed by atoms with Gasteiger partial charge in [0, 0.05) is 115 Å². The van der Waals surface area contributed by atoms with Crippen molar-refractivity contribution >= 4 is 68.3 Å². The van der Waals surface area contributed by atoms with Gasteiger partial charge in [0.1, 0.15) is 0 Å². The van der Waals surface area contributed by atoms with Crippen molar-refractivity contribution in [3.63, 3.8) is 0 Å². The molecule has 2 fully saturated rings. The Labute approximate surface area is 392 Å². The number of benzene rings is 4. The number of halogens is 2. The molecular weight excluding hydrogens is 852 g/mol. The summed E-state index contributed by atoms with van der Waals surface area (Å²) in [6, 6.07) is 33.8. The molecule has 65 heavy (non-hydrogen) atoms. The summed E-state index contributed by atoms with van der Waals surface area (Å²) in [4.78, 5) is 30.0. The Bertz CT molecular complexity index is 2770. The Morgan fingerprint density at radius 2 is 1.09 bits per heavy atom. The number of piperidine rings is 2. The Morgan fingerprint density at radius 3 is 1.57 bits per heavy atom. The minimum atomic E-state index is 0. The number of hydrogen-bond acceptors (Lipinski definition) is 10. The highest BCUT2D eigenvalue weighted by Crippen LogP contribution is 2.34. The number of fused-ring (bicyclic) bond motifs is 2. The summed E-state index contributed by atoms with van der Waals surface area (Å²) < 4.78 is 0. The molecule has 2 aliphatic rings. The van der Waals surface area contributed by atoms with Gasteiger partial charge in [0.15, 0.2) is 0 Å². The smallest absolute Gasteiger partial charge is 0.223 e. The van der Waals surface area contributed by atoms with Gasteiger partial charge in [0.05, 0.1) is 33.8 Å². The lowest BCUT2D eigenvalue weighted by atomic mass is 10.0. The quantitative estimate of drug-likeness (QED) is 0.0692. The number of para-hydroxylation sites is 2. The van der Waals surface area contributed by atoms with Gasteiger partial charge in [-0.3, -0.25) is 9.80 Å². The van der Waals surface area contributed by atoms with Crippen molar-refractivity contribution in [3.8, 4) is 22.5 Å². The molecule has 0 aliphatic carbocycles. The number of nitrogens with two attached hydrogens (primary N) is 1. The number of nitrogen functional groups attached to an aromatic ring is 1. The summed E-state index contributed by atoms with van der Waals surface area (Å²) in [6.07, 6.45) is 11.5. The SMILES string of the molecule is C.C.CNc1ccc(CN2CCC(Nc3ncc(Cl)c(-c4c[nH]c5ccccc45)n3)CC2)cc1.Nc1cccc(CN2CCC(Nc3ncc(Cl)c(-c4c[nH]c5ccccc45)n3)CC2)c1. The highest BCUT2D eigenvalue weighted by atomic mass is 35.5. The third-order valence-corrected chi connectivity index (χ3v) is 12.6. The Balaban J connectivity index is 0.000000188. The molecule has 14 heteroatoms. The van der Waals surface area contributed by atoms with Crippen molar-refractivity contribution in [1.29, 1.82) is 0 Å². The van der Waals surface area contributed by atoms with Crippen LogP contribution in [0.25, 0.3) is 44.3 Å². The van der Waals surface area contributed by atoms with E-state index in [0.29, 0.717) is 34.0 Å². The van der Waals surface area contributed by atoms with Crippen molar-refractivity contribution < 1.29 is 0 Å². The first kappa shape index (κ1) is 46.8. The van der Waals surface area contributed by atoms with E-state index < -0.39 is 0 Å². The van der Waals surface area contributed by atoms with Gasteiger partial charge in [-0.1, -0.05) is 98.7 Å². The number of rotatable bonds is 11. The molecule has 0 radical (unpaired) electrons. The molecule has 10 rings (SSSR count). The lowest BCUT2D eigenvalue weighted by Gasteiger charge is -2.32. The average Bonchev–Trinajstić information content (AvgIpc) is 3.95. The summed E-state index contributed by atoms with van der Waals surface area (Å²) in [6.45, 7) is 6.06. The minimum Gasteiger partial charge on any atom is -0.399 e. The third kappa shape index (κ3) is 11.4. The van der Waals surface area contributed by atoms with Crippen LogP contribution < -0.4 is 21.7 Å². The van der Waals surface area contributed by atoms with Crippen LogP contribution in [0.3, 0.4) is 0 Å². The fourth-order valence-corrected chi connectivity index (χ4v) is 8.99. The number of aromatic nitrogens is 6. The second-order valence-electron chi connectivity index (χ2n) is 16.4. The maximum Gasteiger partial charge on any atom is 0.223 e. The number of nitrogens with zero attached hydrogens (tertiary/aromatic N) is 6. The zero-order valence-electron chi connectivity index (χ0n) is 35.3. The summed E-state index contributed by atoms with van der Waals surface area (Å²) in [7, 11) is 1.95. The summed E-state index contributed by atoms with van der Waals surface area (Å²) in [5.74, 6) is 1.26. The zero-order valence-corrected chi connectivity index (χ0v) is 36.8. The number of aromatic amines is 2. The van der Waals surface area contributed by atoms with E-state index in [1.807, 2.05) is 61.9 Å². The molecule has 0 bridgehead atoms. The van der Waals surface area contributed by atoms with Crippen molar-refractivity contribution in [1.82, 2.24) is 39.7 Å². The van der Waals surface area contributed by atoms with Gasteiger partial charge in [0.2, 0.25) is 11.9 Å². The molecule has 4 aromatic heterocycles. The summed E-state index contributed by atoms with van der Waals surface area (Å²) in [5.41, 5.74) is 16.1. The average molecular weight is 912 g/mol. The van der Waals surface area contributed by atoms with Crippen LogP contribution in [0.2, 0.25) is 10.0 Å². The molecule has 7 N–H and O–H groups in total. The first-order valence-corrected chi connectivity index (χ1v) is 22.4. The Kier molecular flexibility index (Phi) is 15.6. The number of likely N-dealkylation sites (tertiary alicyclic amines) is 2. The Morgan fingerprint density at radius 1 is 0.615 bits per heavy atom. The van der Waals surface area contributed by atoms with Crippen LogP contribution in [-0.4, -0.2) is 85.0 Å². The number of hydrogen-bond donors (Lipinski definition) is 6. The first-order chi connectivity index (χ1) is 30.8. The van der Waals surface area contributed by atoms with Gasteiger partial charge in [-0.15, -0.1) is 0 Å². The van der Waals surface area contributed by atoms with E-state index in [1.54, 1.807) is 12.4 Å². The fourth-order valence-electron chi connectivity index (χ4n) is 8.61. The van der Waals surface area contributed by atoms with Gasteiger partial charge in [-0.05, 0) is 73.2 Å². The molecule has 4 aromatic carbocycles. The molecule has 0 spiro atoms. The van der Waals surface area contributed by atoms with E-state index in [0.717, 1.165) is 121 Å². The predicted molar refractivity (Wildman–Crippen MR) is 273 cm³/mol. The topological polar surface area (TPSA) is 152 Å². The van der Waals surface area contributed by atoms with Crippen LogP contribution in [0.5, 0.6) is 0 Å². The fraction of sp³-hybridized carbons (Fsp3) is 0.294. The van der Waals surface area contributed by atoms with E-state index in [4.69, 9.17) is 38.9 Å². The first-order valence-electron chi connectivity index (χ1n) is 21.6. The van der Waals surface area contributed by atoms with Gasteiger partial charge in [-0.2, -0.15) is 0 Å². The number of anilines is 4. The van der Waals surface area contributed by atoms with Crippen molar-refractivity contribution in [2.24, 2.45) is 0 Å². The maximum absolute atomic E-state index is 6.47. The molecule has 0 atom stereocenters. The summed E-state index contributed by atoms with van der Waals surface area (Å²) in [5, 5.41) is 13.5. The molecule has 2 aliphatic heterocycles. The molecule has 0 amide bonds. The van der Waals surface area contributed by atoms with Crippen LogP contribution in [-0.2, 0) is 13.1 Å². The van der Waals surface area contributed by atoms with Gasteiger partial charge in [-0.25, -0.2) is 19.9 Å².